The number of nitrogen functional groups attached to an aromatic ring is 2. The molecule has 4 aromatic rings. The summed E-state index contributed by atoms with van der Waals surface area (Å²) in [5, 5.41) is 4.36. The van der Waals surface area contributed by atoms with Crippen LogP contribution in [0.3, 0.4) is 0 Å². The lowest BCUT2D eigenvalue weighted by molar-refractivity contribution is -0.137. The highest BCUT2D eigenvalue weighted by atomic mass is 35.5. The number of carbonyl (C=O) groups is 1. The topological polar surface area (TPSA) is 151 Å². The fourth-order valence-corrected chi connectivity index (χ4v) is 3.42. The summed E-state index contributed by atoms with van der Waals surface area (Å²) >= 11 is 0. The Morgan fingerprint density at radius 2 is 1.08 bits per heavy atom. The summed E-state index contributed by atoms with van der Waals surface area (Å²) < 4.78 is 81.8. The zero-order valence-electron chi connectivity index (χ0n) is 18.7. The lowest BCUT2D eigenvalue weighted by atomic mass is 10.0. The van der Waals surface area contributed by atoms with Gasteiger partial charge < -0.3 is 32.1 Å². The van der Waals surface area contributed by atoms with E-state index in [0.29, 0.717) is 12.1 Å². The Labute approximate surface area is 222 Å². The van der Waals surface area contributed by atoms with Gasteiger partial charge in [-0.05, 0) is 24.3 Å². The van der Waals surface area contributed by atoms with Crippen molar-refractivity contribution in [2.45, 2.75) is 12.4 Å². The molecule has 0 aliphatic heterocycles. The molecule has 0 saturated heterocycles. The lowest BCUT2D eigenvalue weighted by Crippen LogP contribution is -2.20. The molecular formula is C21H18Cl2F6N8O. The standard InChI is InChI=1S/C21H16F6N8O.2ClH/c22-20(23,24)13-5-9(1-3-11(13)15-7-30-17(28)34-15)32-19(36)33-10-2-4-12(14(6-10)21(25,26)27)16-8-31-18(29)35-16;;/h1-8H,(H3,28,30,34)(H3,29,31,35)(H2,32,33,36);2*1H. The van der Waals surface area contributed by atoms with Crippen molar-refractivity contribution >= 4 is 54.1 Å². The van der Waals surface area contributed by atoms with E-state index in [9.17, 15) is 31.1 Å². The second kappa shape index (κ2) is 11.1. The summed E-state index contributed by atoms with van der Waals surface area (Å²) in [5.74, 6) is -0.167. The second-order valence-corrected chi connectivity index (χ2v) is 7.46. The summed E-state index contributed by atoms with van der Waals surface area (Å²) in [6.45, 7) is 0. The van der Waals surface area contributed by atoms with Gasteiger partial charge in [-0.2, -0.15) is 26.3 Å². The van der Waals surface area contributed by atoms with E-state index in [-0.39, 0.29) is 70.6 Å². The molecule has 0 fully saturated rings. The minimum Gasteiger partial charge on any atom is -0.369 e. The number of benzene rings is 2. The fraction of sp³-hybridized carbons (Fsp3) is 0.0952. The maximum atomic E-state index is 13.6. The van der Waals surface area contributed by atoms with Crippen molar-refractivity contribution in [1.82, 2.24) is 19.9 Å². The molecule has 0 radical (unpaired) electrons. The zero-order valence-corrected chi connectivity index (χ0v) is 20.3. The van der Waals surface area contributed by atoms with Crippen molar-refractivity contribution in [3.8, 4) is 22.5 Å². The van der Waals surface area contributed by atoms with E-state index < -0.39 is 29.5 Å². The molecule has 17 heteroatoms. The van der Waals surface area contributed by atoms with Crippen molar-refractivity contribution in [3.05, 3.63) is 59.9 Å². The summed E-state index contributed by atoms with van der Waals surface area (Å²) in [7, 11) is 0. The minimum absolute atomic E-state index is 0. The number of anilines is 4. The van der Waals surface area contributed by atoms with Gasteiger partial charge in [-0.25, -0.2) is 14.8 Å². The first-order valence-electron chi connectivity index (χ1n) is 9.93. The van der Waals surface area contributed by atoms with Gasteiger partial charge in [-0.1, -0.05) is 12.1 Å². The monoisotopic (exact) mass is 582 g/mol. The summed E-state index contributed by atoms with van der Waals surface area (Å²) in [6.07, 6.45) is -7.34. The van der Waals surface area contributed by atoms with Crippen molar-refractivity contribution in [2.24, 2.45) is 0 Å². The number of rotatable bonds is 4. The van der Waals surface area contributed by atoms with E-state index in [1.165, 1.54) is 12.1 Å². The largest absolute Gasteiger partial charge is 0.417 e. The number of alkyl halides is 6. The van der Waals surface area contributed by atoms with E-state index in [0.717, 1.165) is 24.5 Å². The molecule has 2 heterocycles. The lowest BCUT2D eigenvalue weighted by Gasteiger charge is -2.16. The molecule has 0 aliphatic rings. The highest BCUT2D eigenvalue weighted by Crippen LogP contribution is 2.39. The smallest absolute Gasteiger partial charge is 0.369 e. The van der Waals surface area contributed by atoms with Crippen LogP contribution in [0.25, 0.3) is 22.5 Å². The Morgan fingerprint density at radius 1 is 0.711 bits per heavy atom. The van der Waals surface area contributed by atoms with E-state index >= 15 is 0 Å². The molecule has 8 N–H and O–H groups in total. The number of aromatic amines is 2. The summed E-state index contributed by atoms with van der Waals surface area (Å²) in [5.41, 5.74) is 7.67. The zero-order chi connectivity index (χ0) is 26.3. The van der Waals surface area contributed by atoms with Gasteiger partial charge in [0, 0.05) is 22.5 Å². The number of halogens is 8. The molecule has 38 heavy (non-hydrogen) atoms. The van der Waals surface area contributed by atoms with Crippen LogP contribution in [0.4, 0.5) is 54.4 Å². The maximum absolute atomic E-state index is 13.6. The molecule has 9 nitrogen and oxygen atoms in total. The van der Waals surface area contributed by atoms with Crippen LogP contribution in [0.15, 0.2) is 48.8 Å². The fourth-order valence-electron chi connectivity index (χ4n) is 3.42. The number of urea groups is 1. The number of nitrogens with two attached hydrogens (primary N) is 2. The van der Waals surface area contributed by atoms with Crippen LogP contribution in [0.2, 0.25) is 0 Å². The number of nitrogens with one attached hydrogen (secondary N) is 4. The number of H-pyrrole nitrogens is 2. The summed E-state index contributed by atoms with van der Waals surface area (Å²) in [4.78, 5) is 24.7. The van der Waals surface area contributed by atoms with Gasteiger partial charge in [0.15, 0.2) is 11.9 Å². The van der Waals surface area contributed by atoms with Gasteiger partial charge in [0.05, 0.1) is 34.9 Å². The van der Waals surface area contributed by atoms with Gasteiger partial charge in [0.25, 0.3) is 0 Å². The highest BCUT2D eigenvalue weighted by molar-refractivity contribution is 6.00. The molecule has 204 valence electrons. The molecule has 2 aromatic heterocycles. The number of imidazole rings is 2. The number of hydrogen-bond donors (Lipinski definition) is 6. The van der Waals surface area contributed by atoms with Crippen LogP contribution in [0.1, 0.15) is 11.1 Å². The van der Waals surface area contributed by atoms with E-state index in [4.69, 9.17) is 11.5 Å². The SMILES string of the molecule is Cl.Cl.Nc1ncc(-c2ccc(NC(=O)Nc3ccc(-c4cnc(N)[nH]4)c(C(F)(F)F)c3)cc2C(F)(F)F)[nH]1. The van der Waals surface area contributed by atoms with E-state index in [1.54, 1.807) is 0 Å². The molecule has 4 rings (SSSR count). The van der Waals surface area contributed by atoms with Crippen LogP contribution in [-0.2, 0) is 12.4 Å². The van der Waals surface area contributed by atoms with Gasteiger partial charge in [-0.3, -0.25) is 0 Å². The maximum Gasteiger partial charge on any atom is 0.417 e. The predicted octanol–water partition coefficient (Wildman–Crippen LogP) is 6.16. The van der Waals surface area contributed by atoms with Crippen molar-refractivity contribution in [2.75, 3.05) is 22.1 Å². The average Bonchev–Trinajstić information content (AvgIpc) is 3.40. The molecule has 0 saturated carbocycles. The van der Waals surface area contributed by atoms with Crippen molar-refractivity contribution in [3.63, 3.8) is 0 Å². The third kappa shape index (κ3) is 6.60. The molecule has 0 bridgehead atoms. The van der Waals surface area contributed by atoms with E-state index in [2.05, 4.69) is 30.6 Å². The van der Waals surface area contributed by atoms with Gasteiger partial charge in [0.2, 0.25) is 0 Å². The molecule has 0 aliphatic carbocycles. The van der Waals surface area contributed by atoms with Crippen molar-refractivity contribution in [1.29, 1.82) is 0 Å². The highest BCUT2D eigenvalue weighted by Gasteiger charge is 2.35. The number of nitrogens with zero attached hydrogens (tertiary/aromatic N) is 2. The third-order valence-electron chi connectivity index (χ3n) is 4.94. The normalized spacial score (nSPS) is 11.3. The first kappa shape index (κ1) is 30.1. The Bertz CT molecular complexity index is 1330. The quantitative estimate of drug-likeness (QED) is 0.159. The molecule has 2 amide bonds. The Hall–Kier alpha value is -4.11. The Balaban J connectivity index is 0.00000253. The van der Waals surface area contributed by atoms with Crippen LogP contribution >= 0.6 is 24.8 Å². The molecule has 0 unspecified atom stereocenters. The summed E-state index contributed by atoms with van der Waals surface area (Å²) in [6, 6.07) is 4.86. The first-order valence-corrected chi connectivity index (χ1v) is 9.93. The number of amides is 2. The molecular weight excluding hydrogens is 565 g/mol. The Kier molecular flexibility index (Phi) is 8.80. The first-order chi connectivity index (χ1) is 16.8. The second-order valence-electron chi connectivity index (χ2n) is 7.46. The van der Waals surface area contributed by atoms with Gasteiger partial charge >= 0.3 is 18.4 Å². The van der Waals surface area contributed by atoms with Crippen molar-refractivity contribution < 1.29 is 31.1 Å². The molecule has 0 atom stereocenters. The molecule has 0 spiro atoms. The van der Waals surface area contributed by atoms with Gasteiger partial charge in [-0.15, -0.1) is 24.8 Å². The van der Waals surface area contributed by atoms with Crippen LogP contribution < -0.4 is 22.1 Å². The van der Waals surface area contributed by atoms with Crippen LogP contribution in [0, 0.1) is 0 Å². The number of aromatic nitrogens is 4. The molecule has 2 aromatic carbocycles. The van der Waals surface area contributed by atoms with Crippen LogP contribution in [-0.4, -0.2) is 26.0 Å². The number of carbonyl (C=O) groups excluding carboxylic acids is 1. The predicted molar refractivity (Wildman–Crippen MR) is 134 cm³/mol. The van der Waals surface area contributed by atoms with E-state index in [1.807, 2.05) is 0 Å². The van der Waals surface area contributed by atoms with Gasteiger partial charge in [0.1, 0.15) is 0 Å². The average molecular weight is 583 g/mol. The Morgan fingerprint density at radius 3 is 1.37 bits per heavy atom. The minimum atomic E-state index is -4.79. The van der Waals surface area contributed by atoms with Crippen LogP contribution in [0.5, 0.6) is 0 Å². The number of hydrogen-bond acceptors (Lipinski definition) is 5. The third-order valence-corrected chi connectivity index (χ3v) is 4.94.